The highest BCUT2D eigenvalue weighted by molar-refractivity contribution is 6.00. The summed E-state index contributed by atoms with van der Waals surface area (Å²) >= 11 is 0. The van der Waals surface area contributed by atoms with Gasteiger partial charge in [-0.3, -0.25) is 33.7 Å². The zero-order valence-electron chi connectivity index (χ0n) is 21.3. The number of fused-ring (bicyclic) bond motifs is 1. The van der Waals surface area contributed by atoms with Crippen LogP contribution in [0.5, 0.6) is 0 Å². The molecule has 2 saturated heterocycles. The van der Waals surface area contributed by atoms with Gasteiger partial charge in [0, 0.05) is 13.5 Å². The lowest BCUT2D eigenvalue weighted by Gasteiger charge is -2.35. The number of aryl methyl sites for hydroxylation is 1. The minimum atomic E-state index is -0.886. The quantitative estimate of drug-likeness (QED) is 0.437. The Kier molecular flexibility index (Phi) is 7.44. The standard InChI is InChI=1S/C28H32N4O6/c1-30-23-15-20(7-8-21(23)32(28(30)37)22-9-10-25(33)29-26(22)34)19-11-13-31(14-12-19)24(27(35)36)17-38-16-18-5-3-2-4-6-18/h2-8,15,19,22,24H,9-14,16-17H2,1H3,(H,35,36)(H,29,33,34)/t22?,24-/m1/s1. The first-order valence-corrected chi connectivity index (χ1v) is 13.0. The van der Waals surface area contributed by atoms with Crippen molar-refractivity contribution in [2.45, 2.75) is 50.3 Å². The van der Waals surface area contributed by atoms with Crippen LogP contribution in [0.1, 0.15) is 48.8 Å². The number of carbonyl (C=O) groups is 3. The van der Waals surface area contributed by atoms with Crippen molar-refractivity contribution in [1.29, 1.82) is 0 Å². The predicted octanol–water partition coefficient (Wildman–Crippen LogP) is 2.17. The van der Waals surface area contributed by atoms with E-state index in [1.54, 1.807) is 11.6 Å². The number of carboxylic acid groups (broad SMARTS) is 1. The maximum absolute atomic E-state index is 13.0. The Morgan fingerprint density at radius 3 is 2.47 bits per heavy atom. The van der Waals surface area contributed by atoms with Crippen molar-refractivity contribution in [3.05, 3.63) is 70.1 Å². The maximum Gasteiger partial charge on any atom is 0.329 e. The van der Waals surface area contributed by atoms with Gasteiger partial charge in [0.25, 0.3) is 0 Å². The van der Waals surface area contributed by atoms with Gasteiger partial charge in [0.15, 0.2) is 0 Å². The third-order valence-electron chi connectivity index (χ3n) is 7.75. The average molecular weight is 521 g/mol. The Hall–Kier alpha value is -3.76. The molecule has 2 amide bonds. The van der Waals surface area contributed by atoms with E-state index < -0.39 is 24.0 Å². The van der Waals surface area contributed by atoms with E-state index in [1.807, 2.05) is 53.4 Å². The normalized spacial score (nSPS) is 20.0. The number of aliphatic carboxylic acids is 1. The molecule has 5 rings (SSSR count). The molecule has 2 atom stereocenters. The highest BCUT2D eigenvalue weighted by atomic mass is 16.5. The molecule has 2 N–H and O–H groups in total. The largest absolute Gasteiger partial charge is 0.480 e. The highest BCUT2D eigenvalue weighted by Gasteiger charge is 2.33. The van der Waals surface area contributed by atoms with Crippen molar-refractivity contribution < 1.29 is 24.2 Å². The van der Waals surface area contributed by atoms with Gasteiger partial charge >= 0.3 is 11.7 Å². The summed E-state index contributed by atoms with van der Waals surface area (Å²) in [5.74, 6) is -1.43. The number of likely N-dealkylation sites (tertiary alicyclic amines) is 1. The Balaban J connectivity index is 1.26. The van der Waals surface area contributed by atoms with Crippen molar-refractivity contribution in [3.8, 4) is 0 Å². The Morgan fingerprint density at radius 1 is 1.05 bits per heavy atom. The zero-order valence-corrected chi connectivity index (χ0v) is 21.3. The molecule has 10 nitrogen and oxygen atoms in total. The molecule has 1 unspecified atom stereocenters. The SMILES string of the molecule is Cn1c(=O)n(C2CCC(=O)NC2=O)c2ccc(C3CCN([C@H](COCc4ccccc4)C(=O)O)CC3)cc21. The second kappa shape index (κ2) is 10.9. The van der Waals surface area contributed by atoms with Gasteiger partial charge < -0.3 is 9.84 Å². The van der Waals surface area contributed by atoms with Gasteiger partial charge in [-0.05, 0) is 61.5 Å². The fourth-order valence-corrected chi connectivity index (χ4v) is 5.60. The van der Waals surface area contributed by atoms with Crippen molar-refractivity contribution in [1.82, 2.24) is 19.4 Å². The first-order chi connectivity index (χ1) is 18.3. The molecule has 2 fully saturated rings. The van der Waals surface area contributed by atoms with Crippen molar-refractivity contribution >= 4 is 28.8 Å². The van der Waals surface area contributed by atoms with E-state index >= 15 is 0 Å². The number of benzene rings is 2. The molecular weight excluding hydrogens is 488 g/mol. The van der Waals surface area contributed by atoms with E-state index in [0.29, 0.717) is 31.6 Å². The van der Waals surface area contributed by atoms with Gasteiger partial charge in [-0.25, -0.2) is 4.79 Å². The molecule has 38 heavy (non-hydrogen) atoms. The molecule has 2 aliphatic rings. The first kappa shape index (κ1) is 25.9. The number of imide groups is 1. The van der Waals surface area contributed by atoms with Gasteiger partial charge in [0.2, 0.25) is 11.8 Å². The van der Waals surface area contributed by atoms with Gasteiger partial charge in [0.1, 0.15) is 12.1 Å². The van der Waals surface area contributed by atoms with Crippen molar-refractivity contribution in [3.63, 3.8) is 0 Å². The Bertz CT molecular complexity index is 1400. The predicted molar refractivity (Wildman–Crippen MR) is 140 cm³/mol. The van der Waals surface area contributed by atoms with Gasteiger partial charge in [0.05, 0.1) is 24.2 Å². The summed E-state index contributed by atoms with van der Waals surface area (Å²) in [5, 5.41) is 12.2. The van der Waals surface area contributed by atoms with E-state index in [4.69, 9.17) is 4.74 Å². The molecule has 200 valence electrons. The molecule has 0 radical (unpaired) electrons. The van der Waals surface area contributed by atoms with Crippen LogP contribution in [0.3, 0.4) is 0 Å². The topological polar surface area (TPSA) is 123 Å². The molecule has 3 heterocycles. The third-order valence-corrected chi connectivity index (χ3v) is 7.75. The van der Waals surface area contributed by atoms with Crippen LogP contribution < -0.4 is 11.0 Å². The second-order valence-electron chi connectivity index (χ2n) is 10.1. The summed E-state index contributed by atoms with van der Waals surface area (Å²) < 4.78 is 8.77. The van der Waals surface area contributed by atoms with Crippen molar-refractivity contribution in [2.24, 2.45) is 7.05 Å². The summed E-state index contributed by atoms with van der Waals surface area (Å²) in [6.45, 7) is 1.75. The molecule has 0 spiro atoms. The number of carboxylic acids is 1. The maximum atomic E-state index is 13.0. The molecule has 3 aromatic rings. The van der Waals surface area contributed by atoms with Crippen LogP contribution >= 0.6 is 0 Å². The second-order valence-corrected chi connectivity index (χ2v) is 10.1. The highest BCUT2D eigenvalue weighted by Crippen LogP contribution is 2.32. The minimum Gasteiger partial charge on any atom is -0.480 e. The lowest BCUT2D eigenvalue weighted by Crippen LogP contribution is -2.47. The summed E-state index contributed by atoms with van der Waals surface area (Å²) in [6.07, 6.45) is 2.07. The summed E-state index contributed by atoms with van der Waals surface area (Å²) in [7, 11) is 1.69. The van der Waals surface area contributed by atoms with Crippen LogP contribution in [-0.4, -0.2) is 62.7 Å². The fraction of sp³-hybridized carbons (Fsp3) is 0.429. The lowest BCUT2D eigenvalue weighted by molar-refractivity contribution is -0.146. The molecular formula is C28H32N4O6. The smallest absolute Gasteiger partial charge is 0.329 e. The molecule has 0 aliphatic carbocycles. The summed E-state index contributed by atoms with van der Waals surface area (Å²) in [4.78, 5) is 51.0. The lowest BCUT2D eigenvalue weighted by atomic mass is 9.88. The van der Waals surface area contributed by atoms with Crippen LogP contribution in [0.25, 0.3) is 11.0 Å². The van der Waals surface area contributed by atoms with E-state index in [9.17, 15) is 24.3 Å². The number of rotatable bonds is 8. The fourth-order valence-electron chi connectivity index (χ4n) is 5.60. The zero-order chi connectivity index (χ0) is 26.8. The number of imidazole rings is 1. The number of amides is 2. The van der Waals surface area contributed by atoms with Crippen LogP contribution in [0.15, 0.2) is 53.3 Å². The summed E-state index contributed by atoms with van der Waals surface area (Å²) in [5.41, 5.74) is 3.19. The first-order valence-electron chi connectivity index (χ1n) is 13.0. The molecule has 2 aliphatic heterocycles. The summed E-state index contributed by atoms with van der Waals surface area (Å²) in [6, 6.07) is 14.1. The molecule has 0 saturated carbocycles. The average Bonchev–Trinajstić information content (AvgIpc) is 3.16. The number of aromatic nitrogens is 2. The van der Waals surface area contributed by atoms with Gasteiger partial charge in [-0.2, -0.15) is 0 Å². The van der Waals surface area contributed by atoms with Crippen LogP contribution in [0.4, 0.5) is 0 Å². The van der Waals surface area contributed by atoms with Crippen molar-refractivity contribution in [2.75, 3.05) is 19.7 Å². The Morgan fingerprint density at radius 2 is 1.79 bits per heavy atom. The molecule has 2 aromatic carbocycles. The number of nitrogens with one attached hydrogen (secondary N) is 1. The molecule has 1 aromatic heterocycles. The number of nitrogens with zero attached hydrogens (tertiary/aromatic N) is 3. The number of piperidine rings is 2. The Labute approximate surface area is 219 Å². The van der Waals surface area contributed by atoms with Gasteiger partial charge in [-0.1, -0.05) is 36.4 Å². The minimum absolute atomic E-state index is 0.122. The monoisotopic (exact) mass is 520 g/mol. The van der Waals surface area contributed by atoms with E-state index in [0.717, 1.165) is 29.5 Å². The van der Waals surface area contributed by atoms with Crippen LogP contribution in [0, 0.1) is 0 Å². The van der Waals surface area contributed by atoms with E-state index in [1.165, 1.54) is 4.57 Å². The number of carbonyl (C=O) groups excluding carboxylic acids is 2. The number of ether oxygens (including phenoxy) is 1. The van der Waals surface area contributed by atoms with E-state index in [2.05, 4.69) is 5.32 Å². The van der Waals surface area contributed by atoms with Gasteiger partial charge in [-0.15, -0.1) is 0 Å². The van der Waals surface area contributed by atoms with Crippen LogP contribution in [-0.2, 0) is 32.8 Å². The number of hydrogen-bond acceptors (Lipinski definition) is 6. The molecule has 0 bridgehead atoms. The molecule has 10 heteroatoms. The van der Waals surface area contributed by atoms with Crippen LogP contribution in [0.2, 0.25) is 0 Å². The number of hydrogen-bond donors (Lipinski definition) is 2. The third kappa shape index (κ3) is 5.14. The van der Waals surface area contributed by atoms with E-state index in [-0.39, 0.29) is 30.5 Å².